The molecule has 0 heterocycles. The summed E-state index contributed by atoms with van der Waals surface area (Å²) in [6, 6.07) is 1.09. The zero-order valence-corrected chi connectivity index (χ0v) is 12.0. The Morgan fingerprint density at radius 1 is 0.733 bits per heavy atom. The highest BCUT2D eigenvalue weighted by atomic mass is 28.4. The van der Waals surface area contributed by atoms with Crippen LogP contribution in [0.25, 0.3) is 0 Å². The largest absolute Gasteiger partial charge is 0.432 e. The van der Waals surface area contributed by atoms with Gasteiger partial charge in [0.1, 0.15) is 0 Å². The van der Waals surface area contributed by atoms with Crippen molar-refractivity contribution in [3.63, 3.8) is 0 Å². The molecule has 1 nitrogen and oxygen atoms in total. The van der Waals surface area contributed by atoms with Gasteiger partial charge < -0.3 is 4.80 Å². The predicted octanol–water partition coefficient (Wildman–Crippen LogP) is 4.71. The molecule has 0 unspecified atom stereocenters. The van der Waals surface area contributed by atoms with E-state index in [9.17, 15) is 4.80 Å². The minimum Gasteiger partial charge on any atom is -0.432 e. The molecule has 0 spiro atoms. The molecule has 0 saturated carbocycles. The number of rotatable bonds is 10. The van der Waals surface area contributed by atoms with E-state index >= 15 is 0 Å². The summed E-state index contributed by atoms with van der Waals surface area (Å²) in [5.41, 5.74) is 0. The maximum atomic E-state index is 9.66. The fourth-order valence-electron chi connectivity index (χ4n) is 1.87. The van der Waals surface area contributed by atoms with Crippen molar-refractivity contribution in [3.8, 4) is 0 Å². The van der Waals surface area contributed by atoms with Gasteiger partial charge in [0.15, 0.2) is 8.32 Å². The molecule has 0 aromatic rings. The van der Waals surface area contributed by atoms with Crippen LogP contribution in [0.15, 0.2) is 0 Å². The van der Waals surface area contributed by atoms with Gasteiger partial charge >= 0.3 is 0 Å². The molecule has 2 heteroatoms. The molecule has 0 amide bonds. The second-order valence-electron chi connectivity index (χ2n) is 5.39. The van der Waals surface area contributed by atoms with Crippen LogP contribution >= 0.6 is 0 Å². The molecule has 0 radical (unpaired) electrons. The lowest BCUT2D eigenvalue weighted by Crippen LogP contribution is -2.23. The van der Waals surface area contributed by atoms with Crippen LogP contribution in [-0.4, -0.2) is 13.1 Å². The van der Waals surface area contributed by atoms with E-state index < -0.39 is 8.32 Å². The first-order valence-electron chi connectivity index (χ1n) is 6.78. The first-order valence-corrected chi connectivity index (χ1v) is 9.94. The van der Waals surface area contributed by atoms with Crippen LogP contribution in [0.1, 0.15) is 64.7 Å². The van der Waals surface area contributed by atoms with Crippen molar-refractivity contribution in [2.24, 2.45) is 0 Å². The molecule has 0 bridgehead atoms. The molecule has 0 aliphatic heterocycles. The quantitative estimate of drug-likeness (QED) is 0.425. The highest BCUT2D eigenvalue weighted by Gasteiger charge is 2.14. The van der Waals surface area contributed by atoms with Crippen molar-refractivity contribution in [2.75, 3.05) is 0 Å². The van der Waals surface area contributed by atoms with Gasteiger partial charge in [-0.05, 0) is 19.1 Å². The van der Waals surface area contributed by atoms with Crippen molar-refractivity contribution >= 4 is 8.32 Å². The Morgan fingerprint density at radius 2 is 1.13 bits per heavy atom. The van der Waals surface area contributed by atoms with E-state index in [4.69, 9.17) is 0 Å². The molecule has 92 valence electrons. The third-order valence-corrected chi connectivity index (χ3v) is 4.47. The summed E-state index contributed by atoms with van der Waals surface area (Å²) in [5.74, 6) is 0. The molecule has 1 N–H and O–H groups in total. The summed E-state index contributed by atoms with van der Waals surface area (Å²) in [6.07, 6.45) is 12.4. The fraction of sp³-hybridized carbons (Fsp3) is 1.00. The van der Waals surface area contributed by atoms with Gasteiger partial charge in [0.05, 0.1) is 0 Å². The predicted molar refractivity (Wildman–Crippen MR) is 71.7 cm³/mol. The van der Waals surface area contributed by atoms with Crippen molar-refractivity contribution in [3.05, 3.63) is 0 Å². The van der Waals surface area contributed by atoms with Crippen LogP contribution in [0.3, 0.4) is 0 Å². The maximum Gasteiger partial charge on any atom is 0.182 e. The van der Waals surface area contributed by atoms with E-state index in [1.807, 2.05) is 13.1 Å². The van der Waals surface area contributed by atoms with E-state index in [1.165, 1.54) is 57.8 Å². The maximum absolute atomic E-state index is 9.66. The van der Waals surface area contributed by atoms with Crippen molar-refractivity contribution in [2.45, 2.75) is 83.8 Å². The fourth-order valence-corrected chi connectivity index (χ4v) is 2.98. The Bertz CT molecular complexity index is 129. The SMILES string of the molecule is CCCCCCCCCCC[Si](C)(C)O. The van der Waals surface area contributed by atoms with Gasteiger partial charge in [0.25, 0.3) is 0 Å². The minimum atomic E-state index is -1.74. The summed E-state index contributed by atoms with van der Waals surface area (Å²) < 4.78 is 0. The lowest BCUT2D eigenvalue weighted by Gasteiger charge is -2.12. The second kappa shape index (κ2) is 9.41. The summed E-state index contributed by atoms with van der Waals surface area (Å²) in [6.45, 7) is 6.34. The van der Waals surface area contributed by atoms with Gasteiger partial charge in [-0.25, -0.2) is 0 Å². The monoisotopic (exact) mass is 230 g/mol. The molecular weight excluding hydrogens is 200 g/mol. The van der Waals surface area contributed by atoms with Crippen LogP contribution in [-0.2, 0) is 0 Å². The summed E-state index contributed by atoms with van der Waals surface area (Å²) in [4.78, 5) is 9.66. The second-order valence-corrected chi connectivity index (χ2v) is 9.52. The number of unbranched alkanes of at least 4 members (excludes halogenated alkanes) is 8. The summed E-state index contributed by atoms with van der Waals surface area (Å²) in [5, 5.41) is 0. The molecular formula is C13H30OSi. The minimum absolute atomic E-state index is 1.09. The first-order chi connectivity index (χ1) is 7.06. The Balaban J connectivity index is 2.99. The molecule has 0 saturated heterocycles. The van der Waals surface area contributed by atoms with Crippen LogP contribution in [0.5, 0.6) is 0 Å². The average molecular weight is 230 g/mol. The van der Waals surface area contributed by atoms with E-state index in [2.05, 4.69) is 6.92 Å². The number of hydrogen-bond acceptors (Lipinski definition) is 1. The molecule has 0 rings (SSSR count). The van der Waals surface area contributed by atoms with E-state index in [1.54, 1.807) is 0 Å². The van der Waals surface area contributed by atoms with Gasteiger partial charge in [-0.3, -0.25) is 0 Å². The normalized spacial score (nSPS) is 12.0. The smallest absolute Gasteiger partial charge is 0.182 e. The molecule has 0 aromatic carbocycles. The lowest BCUT2D eigenvalue weighted by atomic mass is 10.1. The zero-order valence-electron chi connectivity index (χ0n) is 11.0. The topological polar surface area (TPSA) is 20.2 Å². The van der Waals surface area contributed by atoms with Crippen molar-refractivity contribution < 1.29 is 4.80 Å². The van der Waals surface area contributed by atoms with Crippen LogP contribution in [0.4, 0.5) is 0 Å². The van der Waals surface area contributed by atoms with Gasteiger partial charge in [0.2, 0.25) is 0 Å². The molecule has 0 aliphatic rings. The molecule has 0 aliphatic carbocycles. The van der Waals surface area contributed by atoms with Crippen molar-refractivity contribution in [1.82, 2.24) is 0 Å². The first kappa shape index (κ1) is 15.2. The van der Waals surface area contributed by atoms with E-state index in [0.29, 0.717) is 0 Å². The summed E-state index contributed by atoms with van der Waals surface area (Å²) in [7, 11) is -1.74. The molecule has 0 atom stereocenters. The molecule has 0 fully saturated rings. The zero-order chi connectivity index (χ0) is 11.6. The summed E-state index contributed by atoms with van der Waals surface area (Å²) >= 11 is 0. The standard InChI is InChI=1S/C13H30OSi/c1-4-5-6-7-8-9-10-11-12-13-15(2,3)14/h14H,4-13H2,1-3H3. The Kier molecular flexibility index (Phi) is 9.52. The highest BCUT2D eigenvalue weighted by molar-refractivity contribution is 6.69. The number of hydrogen-bond donors (Lipinski definition) is 1. The highest BCUT2D eigenvalue weighted by Crippen LogP contribution is 2.14. The Labute approximate surface area is 97.4 Å². The molecule has 15 heavy (non-hydrogen) atoms. The molecule has 0 aromatic heterocycles. The van der Waals surface area contributed by atoms with Gasteiger partial charge in [0, 0.05) is 0 Å². The Hall–Kier alpha value is 0.177. The van der Waals surface area contributed by atoms with E-state index in [-0.39, 0.29) is 0 Å². The van der Waals surface area contributed by atoms with Crippen LogP contribution in [0.2, 0.25) is 19.1 Å². The van der Waals surface area contributed by atoms with Gasteiger partial charge in [-0.2, -0.15) is 0 Å². The van der Waals surface area contributed by atoms with Crippen LogP contribution < -0.4 is 0 Å². The van der Waals surface area contributed by atoms with Gasteiger partial charge in [-0.1, -0.05) is 64.7 Å². The lowest BCUT2D eigenvalue weighted by molar-refractivity contribution is 0.532. The van der Waals surface area contributed by atoms with E-state index in [0.717, 1.165) is 6.04 Å². The third kappa shape index (κ3) is 14.2. The van der Waals surface area contributed by atoms with Crippen LogP contribution in [0, 0.1) is 0 Å². The third-order valence-electron chi connectivity index (χ3n) is 2.89. The average Bonchev–Trinajstić information content (AvgIpc) is 2.14. The Morgan fingerprint density at radius 3 is 1.53 bits per heavy atom. The van der Waals surface area contributed by atoms with Gasteiger partial charge in [-0.15, -0.1) is 0 Å². The van der Waals surface area contributed by atoms with Crippen molar-refractivity contribution in [1.29, 1.82) is 0 Å².